The van der Waals surface area contributed by atoms with E-state index in [9.17, 15) is 4.79 Å². The highest BCUT2D eigenvalue weighted by molar-refractivity contribution is 6.15. The van der Waals surface area contributed by atoms with Crippen molar-refractivity contribution in [1.82, 2.24) is 0 Å². The van der Waals surface area contributed by atoms with Crippen molar-refractivity contribution >= 4 is 11.9 Å². The summed E-state index contributed by atoms with van der Waals surface area (Å²) >= 11 is 0. The van der Waals surface area contributed by atoms with Crippen LogP contribution < -0.4 is 23.7 Å². The van der Waals surface area contributed by atoms with E-state index in [1.807, 2.05) is 24.3 Å². The Morgan fingerprint density at radius 2 is 1.56 bits per heavy atom. The molecule has 0 atom stereocenters. The van der Waals surface area contributed by atoms with E-state index in [0.29, 0.717) is 28.6 Å². The Kier molecular flexibility index (Phi) is 4.52. The van der Waals surface area contributed by atoms with Gasteiger partial charge in [-0.25, -0.2) is 0 Å². The number of hydrogen-bond donors (Lipinski definition) is 0. The molecule has 1 aliphatic heterocycles. The molecule has 3 rings (SSSR count). The lowest BCUT2D eigenvalue weighted by Crippen LogP contribution is -1.99. The molecule has 0 aliphatic carbocycles. The van der Waals surface area contributed by atoms with E-state index in [4.69, 9.17) is 23.7 Å². The van der Waals surface area contributed by atoms with Gasteiger partial charge in [0.2, 0.25) is 17.3 Å². The molecule has 0 radical (unpaired) electrons. The van der Waals surface area contributed by atoms with Gasteiger partial charge in [0.25, 0.3) is 0 Å². The van der Waals surface area contributed by atoms with Crippen LogP contribution in [0.4, 0.5) is 0 Å². The van der Waals surface area contributed by atoms with Gasteiger partial charge in [0.15, 0.2) is 17.3 Å². The summed E-state index contributed by atoms with van der Waals surface area (Å²) in [4.78, 5) is 12.7. The number of carbonyl (C=O) groups is 1. The Labute approximate surface area is 145 Å². The first-order valence-corrected chi connectivity index (χ1v) is 7.54. The fraction of sp³-hybridized carbons (Fsp3) is 0.211. The Balaban J connectivity index is 2.04. The first-order valence-electron chi connectivity index (χ1n) is 7.54. The van der Waals surface area contributed by atoms with Gasteiger partial charge in [-0.2, -0.15) is 0 Å². The molecule has 0 spiro atoms. The van der Waals surface area contributed by atoms with Crippen molar-refractivity contribution in [2.24, 2.45) is 0 Å². The van der Waals surface area contributed by atoms with Gasteiger partial charge >= 0.3 is 0 Å². The molecule has 6 heteroatoms. The zero-order valence-electron chi connectivity index (χ0n) is 14.4. The van der Waals surface area contributed by atoms with E-state index in [1.54, 1.807) is 19.3 Å². The molecule has 130 valence electrons. The molecule has 6 nitrogen and oxygen atoms in total. The van der Waals surface area contributed by atoms with E-state index in [0.717, 1.165) is 11.3 Å². The van der Waals surface area contributed by atoms with Crippen LogP contribution in [0.3, 0.4) is 0 Å². The maximum atomic E-state index is 12.7. The molecule has 1 heterocycles. The Hall–Kier alpha value is -3.15. The van der Waals surface area contributed by atoms with Gasteiger partial charge in [-0.05, 0) is 29.8 Å². The van der Waals surface area contributed by atoms with Crippen LogP contribution in [0.25, 0.3) is 6.08 Å². The van der Waals surface area contributed by atoms with Gasteiger partial charge in [-0.3, -0.25) is 4.79 Å². The fourth-order valence-electron chi connectivity index (χ4n) is 2.64. The average Bonchev–Trinajstić information content (AvgIpc) is 2.96. The molecule has 0 aromatic heterocycles. The predicted octanol–water partition coefficient (Wildman–Crippen LogP) is 3.34. The van der Waals surface area contributed by atoms with Crippen molar-refractivity contribution in [2.75, 3.05) is 28.4 Å². The van der Waals surface area contributed by atoms with Crippen LogP contribution in [0.15, 0.2) is 36.1 Å². The zero-order valence-corrected chi connectivity index (χ0v) is 14.4. The second-order valence-corrected chi connectivity index (χ2v) is 5.23. The number of methoxy groups -OCH3 is 4. The molecule has 0 N–H and O–H groups in total. The molecule has 0 saturated carbocycles. The van der Waals surface area contributed by atoms with E-state index < -0.39 is 0 Å². The normalized spacial score (nSPS) is 14.1. The highest BCUT2D eigenvalue weighted by atomic mass is 16.6. The summed E-state index contributed by atoms with van der Waals surface area (Å²) in [6.45, 7) is 0. The third-order valence-corrected chi connectivity index (χ3v) is 3.88. The Morgan fingerprint density at radius 1 is 0.880 bits per heavy atom. The van der Waals surface area contributed by atoms with Gasteiger partial charge in [-0.15, -0.1) is 0 Å². The van der Waals surface area contributed by atoms with Crippen LogP contribution in [0.1, 0.15) is 15.9 Å². The van der Waals surface area contributed by atoms with Gasteiger partial charge < -0.3 is 23.7 Å². The molecule has 0 amide bonds. The predicted molar refractivity (Wildman–Crippen MR) is 92.0 cm³/mol. The van der Waals surface area contributed by atoms with E-state index in [2.05, 4.69) is 0 Å². The second kappa shape index (κ2) is 6.76. The molecule has 25 heavy (non-hydrogen) atoms. The van der Waals surface area contributed by atoms with E-state index in [-0.39, 0.29) is 11.5 Å². The fourth-order valence-corrected chi connectivity index (χ4v) is 2.64. The average molecular weight is 342 g/mol. The molecule has 0 fully saturated rings. The topological polar surface area (TPSA) is 63.2 Å². The summed E-state index contributed by atoms with van der Waals surface area (Å²) < 4.78 is 26.9. The standard InChI is InChI=1S/C19H18O6/c1-21-12-7-5-11(6-8-12)9-14-16(20)13-10-15(22-2)18(23-3)19(24-4)17(13)25-14/h5-10H,1-4H3/b14-9-. The molecule has 2 aromatic rings. The number of benzene rings is 2. The van der Waals surface area contributed by atoms with Crippen molar-refractivity contribution in [3.8, 4) is 28.7 Å². The summed E-state index contributed by atoms with van der Waals surface area (Å²) in [5, 5.41) is 0. The van der Waals surface area contributed by atoms with Crippen LogP contribution >= 0.6 is 0 Å². The van der Waals surface area contributed by atoms with E-state index in [1.165, 1.54) is 21.3 Å². The number of carbonyl (C=O) groups excluding carboxylic acids is 1. The summed E-state index contributed by atoms with van der Waals surface area (Å²) in [7, 11) is 6.08. The SMILES string of the molecule is COc1ccc(/C=C2\Oc3c(cc(OC)c(OC)c3OC)C2=O)cc1. The lowest BCUT2D eigenvalue weighted by Gasteiger charge is -2.14. The van der Waals surface area contributed by atoms with Crippen LogP contribution in [-0.4, -0.2) is 34.2 Å². The smallest absolute Gasteiger partial charge is 0.232 e. The first-order chi connectivity index (χ1) is 12.1. The first kappa shape index (κ1) is 16.7. The van der Waals surface area contributed by atoms with Crippen molar-refractivity contribution in [3.05, 3.63) is 47.2 Å². The van der Waals surface area contributed by atoms with Crippen molar-refractivity contribution in [3.63, 3.8) is 0 Å². The quantitative estimate of drug-likeness (QED) is 0.777. The third kappa shape index (κ3) is 2.87. The maximum Gasteiger partial charge on any atom is 0.232 e. The minimum absolute atomic E-state index is 0.203. The number of fused-ring (bicyclic) bond motifs is 1. The van der Waals surface area contributed by atoms with Crippen molar-refractivity contribution in [2.45, 2.75) is 0 Å². The summed E-state index contributed by atoms with van der Waals surface area (Å²) in [6, 6.07) is 8.89. The molecule has 2 aromatic carbocycles. The minimum atomic E-state index is -0.245. The Morgan fingerprint density at radius 3 is 2.12 bits per heavy atom. The van der Waals surface area contributed by atoms with E-state index >= 15 is 0 Å². The van der Waals surface area contributed by atoms with Gasteiger partial charge in [0.05, 0.1) is 34.0 Å². The molecule has 0 saturated heterocycles. The highest BCUT2D eigenvalue weighted by Gasteiger charge is 2.34. The maximum absolute atomic E-state index is 12.7. The van der Waals surface area contributed by atoms with Gasteiger partial charge in [-0.1, -0.05) is 12.1 Å². The van der Waals surface area contributed by atoms with Crippen molar-refractivity contribution in [1.29, 1.82) is 0 Å². The molecule has 0 bridgehead atoms. The number of ketones is 1. The number of Topliss-reactive ketones (excluding diaryl/α,β-unsaturated/α-hetero) is 1. The number of hydrogen-bond acceptors (Lipinski definition) is 6. The Bertz CT molecular complexity index is 836. The number of allylic oxidation sites excluding steroid dienone is 1. The third-order valence-electron chi connectivity index (χ3n) is 3.88. The number of rotatable bonds is 5. The van der Waals surface area contributed by atoms with Crippen LogP contribution in [0.2, 0.25) is 0 Å². The molecule has 0 unspecified atom stereocenters. The number of ether oxygens (including phenoxy) is 5. The largest absolute Gasteiger partial charge is 0.497 e. The molecular weight excluding hydrogens is 324 g/mol. The summed E-state index contributed by atoms with van der Waals surface area (Å²) in [5.74, 6) is 2.12. The molecular formula is C19H18O6. The zero-order chi connectivity index (χ0) is 18.0. The van der Waals surface area contributed by atoms with Crippen molar-refractivity contribution < 1.29 is 28.5 Å². The van der Waals surface area contributed by atoms with Gasteiger partial charge in [0.1, 0.15) is 5.75 Å². The van der Waals surface area contributed by atoms with Crippen LogP contribution in [0, 0.1) is 0 Å². The van der Waals surface area contributed by atoms with Gasteiger partial charge in [0, 0.05) is 0 Å². The molecule has 1 aliphatic rings. The lowest BCUT2D eigenvalue weighted by atomic mass is 10.1. The second-order valence-electron chi connectivity index (χ2n) is 5.23. The monoisotopic (exact) mass is 342 g/mol. The highest BCUT2D eigenvalue weighted by Crippen LogP contribution is 2.50. The van der Waals surface area contributed by atoms with Crippen LogP contribution in [-0.2, 0) is 0 Å². The summed E-state index contributed by atoms with van der Waals surface area (Å²) in [5.41, 5.74) is 1.18. The lowest BCUT2D eigenvalue weighted by molar-refractivity contribution is 0.101. The minimum Gasteiger partial charge on any atom is -0.497 e. The van der Waals surface area contributed by atoms with Crippen LogP contribution in [0.5, 0.6) is 28.7 Å². The summed E-state index contributed by atoms with van der Waals surface area (Å²) in [6.07, 6.45) is 1.67.